The molecule has 0 spiro atoms. The van der Waals surface area contributed by atoms with Crippen LogP contribution in [-0.4, -0.2) is 11.5 Å². The van der Waals surface area contributed by atoms with E-state index in [9.17, 15) is 9.18 Å². The highest BCUT2D eigenvalue weighted by Gasteiger charge is 2.00. The van der Waals surface area contributed by atoms with Crippen LogP contribution in [0.25, 0.3) is 0 Å². The standard InChI is InChI=1S/C11H11FOS/c1-2-3-10(13)8-14-11-6-4-9(12)5-7-11/h2,4-7H,1,3,8H2. The van der Waals surface area contributed by atoms with Crippen LogP contribution in [0.4, 0.5) is 4.39 Å². The summed E-state index contributed by atoms with van der Waals surface area (Å²) in [7, 11) is 0. The SMILES string of the molecule is C=CCC(=O)CSc1ccc(F)cc1. The summed E-state index contributed by atoms with van der Waals surface area (Å²) < 4.78 is 12.5. The summed E-state index contributed by atoms with van der Waals surface area (Å²) in [6, 6.07) is 6.11. The number of Topliss-reactive ketones (excluding diaryl/α,β-unsaturated/α-hetero) is 1. The van der Waals surface area contributed by atoms with Crippen molar-refractivity contribution in [2.45, 2.75) is 11.3 Å². The second-order valence-electron chi connectivity index (χ2n) is 2.77. The lowest BCUT2D eigenvalue weighted by Gasteiger charge is -1.99. The summed E-state index contributed by atoms with van der Waals surface area (Å²) in [5, 5.41) is 0. The Bertz CT molecular complexity index is 319. The molecule has 1 aromatic rings. The number of halogens is 1. The van der Waals surface area contributed by atoms with Gasteiger partial charge in [-0.05, 0) is 24.3 Å². The first-order chi connectivity index (χ1) is 6.72. The Morgan fingerprint density at radius 3 is 2.64 bits per heavy atom. The molecule has 0 N–H and O–H groups in total. The van der Waals surface area contributed by atoms with E-state index < -0.39 is 0 Å². The third kappa shape index (κ3) is 3.75. The monoisotopic (exact) mass is 210 g/mol. The minimum atomic E-state index is -0.258. The van der Waals surface area contributed by atoms with E-state index in [4.69, 9.17) is 0 Å². The van der Waals surface area contributed by atoms with E-state index >= 15 is 0 Å². The van der Waals surface area contributed by atoms with E-state index in [1.54, 1.807) is 18.2 Å². The van der Waals surface area contributed by atoms with Gasteiger partial charge in [-0.3, -0.25) is 4.79 Å². The molecule has 0 bridgehead atoms. The van der Waals surface area contributed by atoms with Crippen LogP contribution >= 0.6 is 11.8 Å². The Hall–Kier alpha value is -1.09. The first-order valence-corrected chi connectivity index (χ1v) is 5.22. The van der Waals surface area contributed by atoms with E-state index in [0.29, 0.717) is 12.2 Å². The van der Waals surface area contributed by atoms with Crippen LogP contribution in [0.2, 0.25) is 0 Å². The van der Waals surface area contributed by atoms with E-state index in [2.05, 4.69) is 6.58 Å². The number of allylic oxidation sites excluding steroid dienone is 1. The van der Waals surface area contributed by atoms with Crippen LogP contribution in [0.5, 0.6) is 0 Å². The van der Waals surface area contributed by atoms with E-state index in [0.717, 1.165) is 4.90 Å². The van der Waals surface area contributed by atoms with Gasteiger partial charge in [-0.25, -0.2) is 4.39 Å². The number of benzene rings is 1. The number of carbonyl (C=O) groups excluding carboxylic acids is 1. The lowest BCUT2D eigenvalue weighted by atomic mass is 10.3. The molecular weight excluding hydrogens is 199 g/mol. The summed E-state index contributed by atoms with van der Waals surface area (Å²) in [5.74, 6) is 0.290. The van der Waals surface area contributed by atoms with Crippen molar-refractivity contribution in [3.63, 3.8) is 0 Å². The molecule has 0 radical (unpaired) electrons. The molecular formula is C11H11FOS. The molecule has 0 atom stereocenters. The van der Waals surface area contributed by atoms with Crippen molar-refractivity contribution in [1.29, 1.82) is 0 Å². The van der Waals surface area contributed by atoms with Crippen LogP contribution in [0, 0.1) is 5.82 Å². The molecule has 0 aliphatic heterocycles. The zero-order chi connectivity index (χ0) is 10.4. The molecule has 0 aliphatic carbocycles. The van der Waals surface area contributed by atoms with Gasteiger partial charge in [0, 0.05) is 11.3 Å². The average Bonchev–Trinajstić information content (AvgIpc) is 2.17. The zero-order valence-electron chi connectivity index (χ0n) is 7.70. The molecule has 1 aromatic carbocycles. The molecule has 0 fully saturated rings. The summed E-state index contributed by atoms with van der Waals surface area (Å²) in [6.07, 6.45) is 1.99. The first kappa shape index (κ1) is 11.0. The predicted octanol–water partition coefficient (Wildman–Crippen LogP) is 3.06. The molecule has 0 unspecified atom stereocenters. The molecule has 1 nitrogen and oxygen atoms in total. The Morgan fingerprint density at radius 1 is 1.43 bits per heavy atom. The van der Waals surface area contributed by atoms with Gasteiger partial charge in [-0.2, -0.15) is 0 Å². The van der Waals surface area contributed by atoms with Crippen molar-refractivity contribution in [3.8, 4) is 0 Å². The molecule has 0 aliphatic rings. The maximum atomic E-state index is 12.5. The maximum Gasteiger partial charge on any atom is 0.146 e. The minimum absolute atomic E-state index is 0.134. The molecule has 14 heavy (non-hydrogen) atoms. The lowest BCUT2D eigenvalue weighted by molar-refractivity contribution is -0.115. The highest BCUT2D eigenvalue weighted by molar-refractivity contribution is 8.00. The highest BCUT2D eigenvalue weighted by atomic mass is 32.2. The predicted molar refractivity (Wildman–Crippen MR) is 56.9 cm³/mol. The van der Waals surface area contributed by atoms with Crippen molar-refractivity contribution in [1.82, 2.24) is 0 Å². The van der Waals surface area contributed by atoms with Crippen LogP contribution < -0.4 is 0 Å². The van der Waals surface area contributed by atoms with Crippen molar-refractivity contribution in [2.24, 2.45) is 0 Å². The number of hydrogen-bond donors (Lipinski definition) is 0. The van der Waals surface area contributed by atoms with Gasteiger partial charge in [0.05, 0.1) is 5.75 Å². The molecule has 1 rings (SSSR count). The summed E-state index contributed by atoms with van der Waals surface area (Å²) >= 11 is 1.41. The van der Waals surface area contributed by atoms with Crippen molar-refractivity contribution >= 4 is 17.5 Å². The average molecular weight is 210 g/mol. The van der Waals surface area contributed by atoms with Crippen molar-refractivity contribution in [3.05, 3.63) is 42.7 Å². The number of hydrogen-bond acceptors (Lipinski definition) is 2. The van der Waals surface area contributed by atoms with E-state index in [1.807, 2.05) is 0 Å². The third-order valence-corrected chi connectivity index (χ3v) is 2.66. The topological polar surface area (TPSA) is 17.1 Å². The van der Waals surface area contributed by atoms with E-state index in [-0.39, 0.29) is 11.6 Å². The summed E-state index contributed by atoms with van der Waals surface area (Å²) in [4.78, 5) is 12.0. The fourth-order valence-electron chi connectivity index (χ4n) is 0.915. The molecule has 0 aromatic heterocycles. The maximum absolute atomic E-state index is 12.5. The Labute approximate surface area is 87.0 Å². The lowest BCUT2D eigenvalue weighted by Crippen LogP contribution is -1.98. The van der Waals surface area contributed by atoms with E-state index in [1.165, 1.54) is 23.9 Å². The van der Waals surface area contributed by atoms with Crippen LogP contribution in [0.3, 0.4) is 0 Å². The molecule has 0 saturated carbocycles. The van der Waals surface area contributed by atoms with Crippen LogP contribution in [0.15, 0.2) is 41.8 Å². The number of thioether (sulfide) groups is 1. The Kier molecular flexibility index (Phi) is 4.40. The van der Waals surface area contributed by atoms with Gasteiger partial charge in [0.25, 0.3) is 0 Å². The van der Waals surface area contributed by atoms with Gasteiger partial charge >= 0.3 is 0 Å². The zero-order valence-corrected chi connectivity index (χ0v) is 8.52. The van der Waals surface area contributed by atoms with Gasteiger partial charge in [0.2, 0.25) is 0 Å². The van der Waals surface area contributed by atoms with Gasteiger partial charge in [0.1, 0.15) is 11.6 Å². The smallest absolute Gasteiger partial charge is 0.146 e. The molecule has 0 heterocycles. The second-order valence-corrected chi connectivity index (χ2v) is 3.82. The first-order valence-electron chi connectivity index (χ1n) is 4.23. The number of ketones is 1. The molecule has 0 saturated heterocycles. The minimum Gasteiger partial charge on any atom is -0.298 e. The van der Waals surface area contributed by atoms with Gasteiger partial charge in [-0.15, -0.1) is 18.3 Å². The van der Waals surface area contributed by atoms with Gasteiger partial charge in [-0.1, -0.05) is 6.08 Å². The normalized spacial score (nSPS) is 9.79. The second kappa shape index (κ2) is 5.60. The fourth-order valence-corrected chi connectivity index (χ4v) is 1.69. The Morgan fingerprint density at radius 2 is 2.07 bits per heavy atom. The fraction of sp³-hybridized carbons (Fsp3) is 0.182. The summed E-state index contributed by atoms with van der Waals surface area (Å²) in [6.45, 7) is 3.49. The molecule has 74 valence electrons. The largest absolute Gasteiger partial charge is 0.298 e. The van der Waals surface area contributed by atoms with Crippen molar-refractivity contribution in [2.75, 3.05) is 5.75 Å². The van der Waals surface area contributed by atoms with Crippen LogP contribution in [0.1, 0.15) is 6.42 Å². The van der Waals surface area contributed by atoms with Gasteiger partial charge < -0.3 is 0 Å². The van der Waals surface area contributed by atoms with Crippen LogP contribution in [-0.2, 0) is 4.79 Å². The highest BCUT2D eigenvalue weighted by Crippen LogP contribution is 2.18. The third-order valence-electron chi connectivity index (χ3n) is 1.59. The van der Waals surface area contributed by atoms with Crippen molar-refractivity contribution < 1.29 is 9.18 Å². The Balaban J connectivity index is 2.41. The number of rotatable bonds is 5. The molecule has 3 heteroatoms. The quantitative estimate of drug-likeness (QED) is 0.549. The van der Waals surface area contributed by atoms with Gasteiger partial charge in [0.15, 0.2) is 0 Å². The number of carbonyl (C=O) groups is 1. The molecule has 0 amide bonds. The summed E-state index contributed by atoms with van der Waals surface area (Å²) in [5.41, 5.74) is 0.